The molecule has 0 saturated heterocycles. The number of sulfonamides is 1. The number of hydrogen-bond donors (Lipinski definition) is 1. The zero-order chi connectivity index (χ0) is 16.4. The maximum Gasteiger partial charge on any atom is 0.264 e. The lowest BCUT2D eigenvalue weighted by Crippen LogP contribution is -2.23. The van der Waals surface area contributed by atoms with Crippen LogP contribution in [-0.4, -0.2) is 14.3 Å². The molecule has 4 nitrogen and oxygen atoms in total. The van der Waals surface area contributed by atoms with Crippen LogP contribution in [0.1, 0.15) is 18.1 Å². The van der Waals surface area contributed by atoms with Gasteiger partial charge in [-0.05, 0) is 30.2 Å². The molecule has 0 bridgehead atoms. The van der Waals surface area contributed by atoms with Crippen molar-refractivity contribution in [3.63, 3.8) is 0 Å². The van der Waals surface area contributed by atoms with Gasteiger partial charge in [0.1, 0.15) is 16.6 Å². The molecule has 0 aliphatic carbocycles. The monoisotopic (exact) mass is 330 g/mol. The number of rotatable bonds is 3. The molecule has 1 aliphatic rings. The molecule has 1 aliphatic heterocycles. The molecule has 3 rings (SSSR count). The van der Waals surface area contributed by atoms with E-state index >= 15 is 0 Å². The van der Waals surface area contributed by atoms with E-state index in [4.69, 9.17) is 0 Å². The number of benzene rings is 2. The molecule has 0 unspecified atom stereocenters. The Morgan fingerprint density at radius 2 is 1.70 bits per heavy atom. The third-order valence-electron chi connectivity index (χ3n) is 3.56. The lowest BCUT2D eigenvalue weighted by Gasteiger charge is -2.02. The molecule has 1 N–H and O–H groups in total. The predicted molar refractivity (Wildman–Crippen MR) is 88.6 cm³/mol. The number of amidine groups is 1. The minimum Gasteiger partial charge on any atom is -0.263 e. The smallest absolute Gasteiger partial charge is 0.263 e. The van der Waals surface area contributed by atoms with Gasteiger partial charge in [-0.2, -0.15) is 0 Å². The van der Waals surface area contributed by atoms with Crippen molar-refractivity contribution in [1.29, 1.82) is 0 Å². The van der Waals surface area contributed by atoms with E-state index < -0.39 is 10.0 Å². The van der Waals surface area contributed by atoms with Crippen molar-refractivity contribution in [1.82, 2.24) is 4.72 Å². The van der Waals surface area contributed by atoms with E-state index in [0.29, 0.717) is 17.0 Å². The van der Waals surface area contributed by atoms with Gasteiger partial charge in [0.25, 0.3) is 10.0 Å². The Morgan fingerprint density at radius 3 is 2.35 bits per heavy atom. The molecule has 0 saturated carbocycles. The van der Waals surface area contributed by atoms with Crippen molar-refractivity contribution in [2.45, 2.75) is 13.5 Å². The van der Waals surface area contributed by atoms with Crippen LogP contribution >= 0.6 is 0 Å². The standard InChI is InChI=1S/C17H15FN2O2S/c1-12-16(14-5-3-2-4-6-14)23(21,22)20-17(12)19-11-13-7-9-15(18)10-8-13/h2-10H,11H2,1H3,(H,19,20). The largest absolute Gasteiger partial charge is 0.264 e. The summed E-state index contributed by atoms with van der Waals surface area (Å²) in [5.41, 5.74) is 2.02. The molecule has 6 heteroatoms. The summed E-state index contributed by atoms with van der Waals surface area (Å²) in [5.74, 6) is 0.0126. The molecular weight excluding hydrogens is 315 g/mol. The summed E-state index contributed by atoms with van der Waals surface area (Å²) < 4.78 is 40.1. The molecule has 0 radical (unpaired) electrons. The molecule has 2 aromatic rings. The summed E-state index contributed by atoms with van der Waals surface area (Å²) >= 11 is 0. The third-order valence-corrected chi connectivity index (χ3v) is 5.11. The second-order valence-corrected chi connectivity index (χ2v) is 6.84. The van der Waals surface area contributed by atoms with E-state index in [1.807, 2.05) is 6.07 Å². The summed E-state index contributed by atoms with van der Waals surface area (Å²) in [6.45, 7) is 2.00. The second kappa shape index (κ2) is 5.96. The molecule has 0 spiro atoms. The fraction of sp³-hybridized carbons (Fsp3) is 0.118. The van der Waals surface area contributed by atoms with Crippen molar-refractivity contribution in [3.05, 3.63) is 77.1 Å². The number of halogens is 1. The van der Waals surface area contributed by atoms with Gasteiger partial charge in [0.15, 0.2) is 0 Å². The minimum absolute atomic E-state index is 0.246. The van der Waals surface area contributed by atoms with E-state index in [9.17, 15) is 12.8 Å². The molecule has 23 heavy (non-hydrogen) atoms. The average molecular weight is 330 g/mol. The summed E-state index contributed by atoms with van der Waals surface area (Å²) in [5, 5.41) is 0. The van der Waals surface area contributed by atoms with Gasteiger partial charge in [-0.15, -0.1) is 0 Å². The van der Waals surface area contributed by atoms with E-state index in [2.05, 4.69) is 9.71 Å². The minimum atomic E-state index is -3.61. The Hall–Kier alpha value is -2.47. The van der Waals surface area contributed by atoms with Gasteiger partial charge in [-0.3, -0.25) is 9.71 Å². The van der Waals surface area contributed by atoms with E-state index in [-0.39, 0.29) is 17.3 Å². The molecule has 0 aromatic heterocycles. The van der Waals surface area contributed by atoms with Crippen molar-refractivity contribution in [3.8, 4) is 0 Å². The topological polar surface area (TPSA) is 58.5 Å². The zero-order valence-corrected chi connectivity index (χ0v) is 13.3. The highest BCUT2D eigenvalue weighted by Crippen LogP contribution is 2.29. The number of nitrogens with zero attached hydrogens (tertiary/aromatic N) is 1. The van der Waals surface area contributed by atoms with Gasteiger partial charge in [0, 0.05) is 5.57 Å². The Kier molecular flexibility index (Phi) is 4.00. The maximum absolute atomic E-state index is 12.9. The van der Waals surface area contributed by atoms with Crippen molar-refractivity contribution >= 4 is 20.8 Å². The Bertz CT molecular complexity index is 886. The zero-order valence-electron chi connectivity index (χ0n) is 12.5. The first-order valence-electron chi connectivity index (χ1n) is 7.06. The maximum atomic E-state index is 12.9. The Labute approximate surface area is 134 Å². The fourth-order valence-corrected chi connectivity index (χ4v) is 3.96. The van der Waals surface area contributed by atoms with Crippen molar-refractivity contribution in [2.24, 2.45) is 4.99 Å². The van der Waals surface area contributed by atoms with Crippen molar-refractivity contribution in [2.75, 3.05) is 0 Å². The Balaban J connectivity index is 1.94. The van der Waals surface area contributed by atoms with Gasteiger partial charge in [0.05, 0.1) is 6.54 Å². The van der Waals surface area contributed by atoms with Gasteiger partial charge in [0.2, 0.25) is 0 Å². The number of hydrogen-bond acceptors (Lipinski definition) is 3. The van der Waals surface area contributed by atoms with Crippen LogP contribution in [0, 0.1) is 5.82 Å². The quantitative estimate of drug-likeness (QED) is 0.940. The van der Waals surface area contributed by atoms with Crippen LogP contribution in [0.25, 0.3) is 4.91 Å². The molecule has 0 fully saturated rings. The highest BCUT2D eigenvalue weighted by molar-refractivity contribution is 8.00. The van der Waals surface area contributed by atoms with E-state index in [1.54, 1.807) is 43.3 Å². The molecule has 2 aromatic carbocycles. The first kappa shape index (κ1) is 15.4. The molecule has 118 valence electrons. The predicted octanol–water partition coefficient (Wildman–Crippen LogP) is 3.09. The van der Waals surface area contributed by atoms with Crippen LogP contribution in [-0.2, 0) is 16.6 Å². The van der Waals surface area contributed by atoms with Gasteiger partial charge >= 0.3 is 0 Å². The van der Waals surface area contributed by atoms with Crippen LogP contribution in [0.15, 0.2) is 65.2 Å². The molecule has 0 atom stereocenters. The number of nitrogens with one attached hydrogen (secondary N) is 1. The summed E-state index contributed by atoms with van der Waals surface area (Å²) in [7, 11) is -3.61. The van der Waals surface area contributed by atoms with E-state index in [1.165, 1.54) is 12.1 Å². The first-order valence-corrected chi connectivity index (χ1v) is 8.54. The molecule has 0 amide bonds. The van der Waals surface area contributed by atoms with E-state index in [0.717, 1.165) is 5.56 Å². The Morgan fingerprint density at radius 1 is 1.04 bits per heavy atom. The lowest BCUT2D eigenvalue weighted by molar-refractivity contribution is 0.603. The summed E-state index contributed by atoms with van der Waals surface area (Å²) in [4.78, 5) is 4.57. The SMILES string of the molecule is CC1=C(c2ccccc2)S(=O)(=O)NC1=NCc1ccc(F)cc1. The van der Waals surface area contributed by atoms with Gasteiger partial charge < -0.3 is 0 Å². The van der Waals surface area contributed by atoms with Crippen LogP contribution in [0.3, 0.4) is 0 Å². The van der Waals surface area contributed by atoms with Gasteiger partial charge in [-0.1, -0.05) is 42.5 Å². The fourth-order valence-electron chi connectivity index (χ4n) is 2.44. The highest BCUT2D eigenvalue weighted by atomic mass is 32.2. The second-order valence-electron chi connectivity index (χ2n) is 5.22. The number of aliphatic imine (C=N–C) groups is 1. The lowest BCUT2D eigenvalue weighted by atomic mass is 10.1. The first-order chi connectivity index (χ1) is 11.0. The normalized spacial score (nSPS) is 18.3. The summed E-state index contributed by atoms with van der Waals surface area (Å²) in [6.07, 6.45) is 0. The van der Waals surface area contributed by atoms with Crippen LogP contribution in [0.2, 0.25) is 0 Å². The average Bonchev–Trinajstić information content (AvgIpc) is 2.76. The van der Waals surface area contributed by atoms with Crippen molar-refractivity contribution < 1.29 is 12.8 Å². The third kappa shape index (κ3) is 3.17. The molecule has 1 heterocycles. The highest BCUT2D eigenvalue weighted by Gasteiger charge is 2.32. The summed E-state index contributed by atoms with van der Waals surface area (Å²) in [6, 6.07) is 14.9. The van der Waals surface area contributed by atoms with Crippen LogP contribution in [0.4, 0.5) is 4.39 Å². The van der Waals surface area contributed by atoms with Crippen LogP contribution in [0.5, 0.6) is 0 Å². The van der Waals surface area contributed by atoms with Crippen LogP contribution < -0.4 is 4.72 Å². The van der Waals surface area contributed by atoms with Gasteiger partial charge in [-0.25, -0.2) is 12.8 Å². The molecular formula is C17H15FN2O2S.